The molecule has 0 radical (unpaired) electrons. The highest BCUT2D eigenvalue weighted by Gasteiger charge is 2.18. The van der Waals surface area contributed by atoms with E-state index < -0.39 is 0 Å². The average molecular weight is 807 g/mol. The highest BCUT2D eigenvalue weighted by atomic mass is 14.2. The summed E-state index contributed by atoms with van der Waals surface area (Å²) in [5, 5.41) is 23.0. The van der Waals surface area contributed by atoms with Gasteiger partial charge in [-0.15, -0.1) is 0 Å². The van der Waals surface area contributed by atoms with Gasteiger partial charge < -0.3 is 0 Å². The molecule has 0 bridgehead atoms. The van der Waals surface area contributed by atoms with Crippen LogP contribution in [0.3, 0.4) is 0 Å². The van der Waals surface area contributed by atoms with Crippen LogP contribution < -0.4 is 0 Å². The van der Waals surface area contributed by atoms with E-state index in [1.54, 1.807) is 0 Å². The molecule has 14 aromatic rings. The molecule has 0 amide bonds. The molecule has 0 heteroatoms. The summed E-state index contributed by atoms with van der Waals surface area (Å²) in [4.78, 5) is 0. The maximum absolute atomic E-state index is 2.42. The predicted octanol–water partition coefficient (Wildman–Crippen LogP) is 18.2. The quantitative estimate of drug-likeness (QED) is 0.155. The van der Waals surface area contributed by atoms with Crippen LogP contribution in [-0.2, 0) is 0 Å². The Balaban J connectivity index is 0.930. The van der Waals surface area contributed by atoms with Gasteiger partial charge in [0.1, 0.15) is 0 Å². The van der Waals surface area contributed by atoms with E-state index in [1.165, 1.54) is 141 Å². The highest BCUT2D eigenvalue weighted by Crippen LogP contribution is 2.46. The minimum Gasteiger partial charge on any atom is -0.0616 e. The van der Waals surface area contributed by atoms with Crippen LogP contribution in [0.4, 0.5) is 0 Å². The molecular formula is C64H38. The van der Waals surface area contributed by atoms with Gasteiger partial charge in [0.2, 0.25) is 0 Å². The van der Waals surface area contributed by atoms with E-state index >= 15 is 0 Å². The number of benzene rings is 14. The standard InChI is InChI=1S/C64H38/c1-3-15-47-39(11-1)13-9-21-51(47)61-37-45-25-23-43(35-59(45)53-17-5-7-19-55(53)61)49-31-27-41-30-34-58-50(32-28-42-29-33-57(49)63(41)64(42)58)44-24-26-46-38-62(56-20-8-6-18-54(56)60(46)36-44)52-22-10-14-40-12-2-4-16-48(40)52/h1-38H. The summed E-state index contributed by atoms with van der Waals surface area (Å²) in [6, 6.07) is 86.2. The zero-order valence-electron chi connectivity index (χ0n) is 34.9. The van der Waals surface area contributed by atoms with Gasteiger partial charge in [-0.2, -0.15) is 0 Å². The third-order valence-corrected chi connectivity index (χ3v) is 14.2. The molecule has 64 heavy (non-hydrogen) atoms. The van der Waals surface area contributed by atoms with Crippen molar-refractivity contribution in [1.29, 1.82) is 0 Å². The van der Waals surface area contributed by atoms with E-state index in [2.05, 4.69) is 231 Å². The molecule has 0 saturated heterocycles. The summed E-state index contributed by atoms with van der Waals surface area (Å²) in [6.45, 7) is 0. The number of fused-ring (bicyclic) bond motifs is 8. The van der Waals surface area contributed by atoms with Crippen molar-refractivity contribution in [3.8, 4) is 44.5 Å². The largest absolute Gasteiger partial charge is 0.0616 e. The topological polar surface area (TPSA) is 0 Å². The fourth-order valence-electron chi connectivity index (χ4n) is 11.2. The van der Waals surface area contributed by atoms with E-state index in [0.717, 1.165) is 0 Å². The van der Waals surface area contributed by atoms with Crippen LogP contribution in [0.15, 0.2) is 231 Å². The van der Waals surface area contributed by atoms with Gasteiger partial charge in [-0.05, 0) is 166 Å². The van der Waals surface area contributed by atoms with E-state index in [4.69, 9.17) is 0 Å². The zero-order chi connectivity index (χ0) is 41.9. The molecular weight excluding hydrogens is 769 g/mol. The summed E-state index contributed by atoms with van der Waals surface area (Å²) in [5.41, 5.74) is 10.1. The first kappa shape index (κ1) is 35.3. The molecule has 14 rings (SSSR count). The first-order chi connectivity index (χ1) is 31.7. The van der Waals surface area contributed by atoms with Crippen molar-refractivity contribution in [3.63, 3.8) is 0 Å². The highest BCUT2D eigenvalue weighted by molar-refractivity contribution is 6.28. The van der Waals surface area contributed by atoms with Crippen molar-refractivity contribution in [1.82, 2.24) is 0 Å². The Morgan fingerprint density at radius 3 is 1.00 bits per heavy atom. The van der Waals surface area contributed by atoms with Crippen LogP contribution in [0.2, 0.25) is 0 Å². The van der Waals surface area contributed by atoms with Crippen molar-refractivity contribution in [2.75, 3.05) is 0 Å². The van der Waals surface area contributed by atoms with Gasteiger partial charge in [-0.25, -0.2) is 0 Å². The number of hydrogen-bond acceptors (Lipinski definition) is 0. The lowest BCUT2D eigenvalue weighted by atomic mass is 9.85. The van der Waals surface area contributed by atoms with Crippen LogP contribution in [0.1, 0.15) is 0 Å². The Morgan fingerprint density at radius 1 is 0.156 bits per heavy atom. The lowest BCUT2D eigenvalue weighted by Gasteiger charge is -2.18. The summed E-state index contributed by atoms with van der Waals surface area (Å²) in [6.07, 6.45) is 0. The molecule has 294 valence electrons. The first-order valence-corrected chi connectivity index (χ1v) is 22.3. The monoisotopic (exact) mass is 806 g/mol. The number of rotatable bonds is 4. The average Bonchev–Trinajstić information content (AvgIpc) is 3.37. The maximum atomic E-state index is 2.42. The van der Waals surface area contributed by atoms with Crippen LogP contribution in [0.5, 0.6) is 0 Å². The van der Waals surface area contributed by atoms with Crippen molar-refractivity contribution in [2.24, 2.45) is 0 Å². The van der Waals surface area contributed by atoms with E-state index in [1.807, 2.05) is 0 Å². The second kappa shape index (κ2) is 13.6. The second-order valence-corrected chi connectivity index (χ2v) is 17.5. The summed E-state index contributed by atoms with van der Waals surface area (Å²) < 4.78 is 0. The Morgan fingerprint density at radius 2 is 0.531 bits per heavy atom. The van der Waals surface area contributed by atoms with Crippen LogP contribution in [0, 0.1) is 0 Å². The lowest BCUT2D eigenvalue weighted by Crippen LogP contribution is -1.91. The van der Waals surface area contributed by atoms with Gasteiger partial charge in [0, 0.05) is 0 Å². The summed E-state index contributed by atoms with van der Waals surface area (Å²) >= 11 is 0. The molecule has 0 aliphatic rings. The van der Waals surface area contributed by atoms with E-state index in [0.29, 0.717) is 0 Å². The minimum absolute atomic E-state index is 1.23. The molecule has 14 aromatic carbocycles. The third kappa shape index (κ3) is 5.17. The van der Waals surface area contributed by atoms with Gasteiger partial charge in [-0.1, -0.05) is 206 Å². The van der Waals surface area contributed by atoms with Crippen LogP contribution >= 0.6 is 0 Å². The second-order valence-electron chi connectivity index (χ2n) is 17.5. The van der Waals surface area contributed by atoms with Crippen molar-refractivity contribution >= 4 is 97.0 Å². The molecule has 0 nitrogen and oxygen atoms in total. The molecule has 0 aliphatic carbocycles. The Labute approximate surface area is 370 Å². The van der Waals surface area contributed by atoms with Gasteiger partial charge in [0.15, 0.2) is 0 Å². The van der Waals surface area contributed by atoms with Gasteiger partial charge in [0.25, 0.3) is 0 Å². The zero-order valence-corrected chi connectivity index (χ0v) is 34.9. The molecule has 0 spiro atoms. The minimum atomic E-state index is 1.23. The van der Waals surface area contributed by atoms with E-state index in [-0.39, 0.29) is 0 Å². The molecule has 0 fully saturated rings. The van der Waals surface area contributed by atoms with Crippen molar-refractivity contribution in [3.05, 3.63) is 231 Å². The Bertz CT molecular complexity index is 3960. The van der Waals surface area contributed by atoms with Crippen molar-refractivity contribution < 1.29 is 0 Å². The van der Waals surface area contributed by atoms with Crippen molar-refractivity contribution in [2.45, 2.75) is 0 Å². The molecule has 0 aliphatic heterocycles. The Hall–Kier alpha value is -8.32. The predicted molar refractivity (Wildman–Crippen MR) is 277 cm³/mol. The first-order valence-electron chi connectivity index (χ1n) is 22.3. The molecule has 0 N–H and O–H groups in total. The SMILES string of the molecule is c1ccc2c(-c3cc4ccc(-c5ccc6ccc7c(-c8ccc9cc(-c%10cccc%11ccccc%10%11)c%10ccccc%10c9c8)ccc8ccc5c6c87)cc4c4ccccc34)cccc2c1. The Kier molecular flexibility index (Phi) is 7.49. The fraction of sp³-hybridized carbons (Fsp3) is 0. The van der Waals surface area contributed by atoms with Gasteiger partial charge in [0.05, 0.1) is 0 Å². The summed E-state index contributed by atoms with van der Waals surface area (Å²) in [7, 11) is 0. The molecule has 0 aromatic heterocycles. The van der Waals surface area contributed by atoms with Crippen LogP contribution in [-0.4, -0.2) is 0 Å². The molecule has 0 unspecified atom stereocenters. The fourth-order valence-corrected chi connectivity index (χ4v) is 11.2. The van der Waals surface area contributed by atoms with E-state index in [9.17, 15) is 0 Å². The lowest BCUT2D eigenvalue weighted by molar-refractivity contribution is 1.68. The number of hydrogen-bond donors (Lipinski definition) is 0. The molecule has 0 heterocycles. The smallest absolute Gasteiger partial charge is 0.00203 e. The van der Waals surface area contributed by atoms with Gasteiger partial charge >= 0.3 is 0 Å². The summed E-state index contributed by atoms with van der Waals surface area (Å²) in [5.74, 6) is 0. The molecule has 0 saturated carbocycles. The third-order valence-electron chi connectivity index (χ3n) is 14.2. The van der Waals surface area contributed by atoms with Crippen LogP contribution in [0.25, 0.3) is 141 Å². The van der Waals surface area contributed by atoms with Gasteiger partial charge in [-0.3, -0.25) is 0 Å². The molecule has 0 atom stereocenters. The maximum Gasteiger partial charge on any atom is -0.00203 e. The normalized spacial score (nSPS) is 12.1.